The number of carbonyl (C=O) groups is 3. The molecule has 0 atom stereocenters. The number of carbonyl (C=O) groups excluding carboxylic acids is 3. The monoisotopic (exact) mass is 476 g/mol. The molecule has 2 N–H and O–H groups in total. The minimum Gasteiger partial charge on any atom is -0.493 e. The lowest BCUT2D eigenvalue weighted by molar-refractivity contribution is -0.118. The Kier molecular flexibility index (Phi) is 8.78. The smallest absolute Gasteiger partial charge is 0.387 e. The topological polar surface area (TPSA) is 103 Å². The van der Waals surface area contributed by atoms with Gasteiger partial charge in [0, 0.05) is 17.3 Å². The van der Waals surface area contributed by atoms with Crippen molar-refractivity contribution in [1.82, 2.24) is 5.32 Å². The van der Waals surface area contributed by atoms with Crippen LogP contribution in [0.1, 0.15) is 42.5 Å². The normalized spacial score (nSPS) is 13.8. The fourth-order valence-electron chi connectivity index (χ4n) is 3.62. The average molecular weight is 476 g/mol. The molecule has 1 aliphatic carbocycles. The average Bonchev–Trinajstić information content (AvgIpc) is 2.83. The number of halogens is 2. The molecule has 0 heterocycles. The Morgan fingerprint density at radius 1 is 1.00 bits per heavy atom. The summed E-state index contributed by atoms with van der Waals surface area (Å²) in [5, 5.41) is 5.35. The molecule has 10 heteroatoms. The molecule has 1 aliphatic rings. The number of ketones is 1. The highest BCUT2D eigenvalue weighted by molar-refractivity contribution is 6.42. The predicted molar refractivity (Wildman–Crippen MR) is 120 cm³/mol. The van der Waals surface area contributed by atoms with Gasteiger partial charge in [0.15, 0.2) is 18.1 Å². The van der Waals surface area contributed by atoms with Crippen molar-refractivity contribution >= 4 is 23.3 Å². The van der Waals surface area contributed by atoms with Crippen molar-refractivity contribution in [2.45, 2.75) is 44.8 Å². The molecule has 0 aliphatic heterocycles. The SMILES string of the molecule is COc1cc(C(=O)C(=O)NC2CCCCC2)ccc1OCC(=O)Nc1ccc(OC(F)F)cc1. The van der Waals surface area contributed by atoms with E-state index in [9.17, 15) is 23.2 Å². The van der Waals surface area contributed by atoms with E-state index in [0.717, 1.165) is 32.1 Å². The van der Waals surface area contributed by atoms with Gasteiger partial charge in [0.05, 0.1) is 7.11 Å². The molecule has 2 aromatic carbocycles. The van der Waals surface area contributed by atoms with Crippen LogP contribution >= 0.6 is 0 Å². The summed E-state index contributed by atoms with van der Waals surface area (Å²) in [6.07, 6.45) is 4.94. The quantitative estimate of drug-likeness (QED) is 0.398. The predicted octanol–water partition coefficient (Wildman–Crippen LogP) is 3.95. The van der Waals surface area contributed by atoms with Crippen molar-refractivity contribution in [3.63, 3.8) is 0 Å². The van der Waals surface area contributed by atoms with Crippen molar-refractivity contribution in [2.75, 3.05) is 19.0 Å². The lowest BCUT2D eigenvalue weighted by Crippen LogP contribution is -2.40. The number of alkyl halides is 2. The number of hydrogen-bond acceptors (Lipinski definition) is 6. The van der Waals surface area contributed by atoms with Crippen LogP contribution < -0.4 is 24.8 Å². The highest BCUT2D eigenvalue weighted by Crippen LogP contribution is 2.28. The van der Waals surface area contributed by atoms with Crippen LogP contribution in [0.3, 0.4) is 0 Å². The Hall–Kier alpha value is -3.69. The van der Waals surface area contributed by atoms with E-state index in [1.807, 2.05) is 0 Å². The third kappa shape index (κ3) is 7.16. The lowest BCUT2D eigenvalue weighted by Gasteiger charge is -2.22. The van der Waals surface area contributed by atoms with Gasteiger partial charge in [-0.25, -0.2) is 0 Å². The largest absolute Gasteiger partial charge is 0.493 e. The minimum absolute atomic E-state index is 0.0150. The third-order valence-corrected chi connectivity index (χ3v) is 5.29. The van der Waals surface area contributed by atoms with E-state index in [-0.39, 0.29) is 35.5 Å². The van der Waals surface area contributed by atoms with Crippen LogP contribution in [0.4, 0.5) is 14.5 Å². The van der Waals surface area contributed by atoms with Gasteiger partial charge in [0.25, 0.3) is 11.8 Å². The third-order valence-electron chi connectivity index (χ3n) is 5.29. The van der Waals surface area contributed by atoms with E-state index in [2.05, 4.69) is 15.4 Å². The van der Waals surface area contributed by atoms with Crippen LogP contribution in [0.5, 0.6) is 17.2 Å². The van der Waals surface area contributed by atoms with Crippen molar-refractivity contribution in [3.05, 3.63) is 48.0 Å². The van der Waals surface area contributed by atoms with Crippen LogP contribution in [0.25, 0.3) is 0 Å². The zero-order valence-electron chi connectivity index (χ0n) is 18.6. The summed E-state index contributed by atoms with van der Waals surface area (Å²) >= 11 is 0. The summed E-state index contributed by atoms with van der Waals surface area (Å²) < 4.78 is 39.4. The van der Waals surface area contributed by atoms with Gasteiger partial charge in [0.2, 0.25) is 5.78 Å². The first-order valence-corrected chi connectivity index (χ1v) is 10.9. The highest BCUT2D eigenvalue weighted by atomic mass is 19.3. The van der Waals surface area contributed by atoms with Gasteiger partial charge < -0.3 is 24.8 Å². The van der Waals surface area contributed by atoms with Crippen LogP contribution in [0.15, 0.2) is 42.5 Å². The Bertz CT molecular complexity index is 1010. The van der Waals surface area contributed by atoms with Crippen molar-refractivity contribution < 1.29 is 37.4 Å². The van der Waals surface area contributed by atoms with E-state index in [4.69, 9.17) is 9.47 Å². The molecule has 0 spiro atoms. The molecule has 1 fully saturated rings. The summed E-state index contributed by atoms with van der Waals surface area (Å²) in [5.41, 5.74) is 0.514. The van der Waals surface area contributed by atoms with Crippen LogP contribution in [-0.2, 0) is 9.59 Å². The van der Waals surface area contributed by atoms with Crippen molar-refractivity contribution in [1.29, 1.82) is 0 Å². The van der Waals surface area contributed by atoms with Gasteiger partial charge >= 0.3 is 6.61 Å². The van der Waals surface area contributed by atoms with Gasteiger partial charge in [-0.3, -0.25) is 14.4 Å². The highest BCUT2D eigenvalue weighted by Gasteiger charge is 2.23. The van der Waals surface area contributed by atoms with Gasteiger partial charge in [-0.05, 0) is 55.3 Å². The van der Waals surface area contributed by atoms with Crippen LogP contribution in [0.2, 0.25) is 0 Å². The number of hydrogen-bond donors (Lipinski definition) is 2. The standard InChI is InChI=1S/C24H26F2N2O6/c1-32-20-13-15(22(30)23(31)28-16-5-3-2-4-6-16)7-12-19(20)33-14-21(29)27-17-8-10-18(11-9-17)34-24(25)26/h7-13,16,24H,2-6,14H2,1H3,(H,27,29)(H,28,31). The molecule has 182 valence electrons. The van der Waals surface area contributed by atoms with Crippen LogP contribution in [-0.4, -0.2) is 44.0 Å². The molecule has 34 heavy (non-hydrogen) atoms. The number of benzene rings is 2. The summed E-state index contributed by atoms with van der Waals surface area (Å²) in [5.74, 6) is -1.47. The number of amides is 2. The Labute approximate surface area is 195 Å². The second-order valence-corrected chi connectivity index (χ2v) is 7.74. The molecular formula is C24H26F2N2O6. The maximum atomic E-state index is 12.5. The van der Waals surface area contributed by atoms with E-state index in [1.165, 1.54) is 49.6 Å². The summed E-state index contributed by atoms with van der Waals surface area (Å²) in [7, 11) is 1.38. The molecule has 0 bridgehead atoms. The zero-order chi connectivity index (χ0) is 24.5. The maximum absolute atomic E-state index is 12.5. The number of Topliss-reactive ketones (excluding diaryl/α,β-unsaturated/α-hetero) is 1. The van der Waals surface area contributed by atoms with Gasteiger partial charge in [0.1, 0.15) is 5.75 Å². The Balaban J connectivity index is 1.55. The van der Waals surface area contributed by atoms with E-state index < -0.39 is 24.2 Å². The molecule has 0 aromatic heterocycles. The molecule has 2 amide bonds. The summed E-state index contributed by atoms with van der Waals surface area (Å²) in [6, 6.07) is 9.70. The molecule has 0 unspecified atom stereocenters. The van der Waals surface area contributed by atoms with Gasteiger partial charge in [-0.15, -0.1) is 0 Å². The fourth-order valence-corrected chi connectivity index (χ4v) is 3.62. The van der Waals surface area contributed by atoms with E-state index in [1.54, 1.807) is 0 Å². The van der Waals surface area contributed by atoms with E-state index >= 15 is 0 Å². The second kappa shape index (κ2) is 12.0. The van der Waals surface area contributed by atoms with Crippen molar-refractivity contribution in [3.8, 4) is 17.2 Å². The van der Waals surface area contributed by atoms with Crippen LogP contribution in [0, 0.1) is 0 Å². The summed E-state index contributed by atoms with van der Waals surface area (Å²) in [4.78, 5) is 37.0. The van der Waals surface area contributed by atoms with Gasteiger partial charge in [-0.2, -0.15) is 8.78 Å². The molecule has 0 radical (unpaired) electrons. The Morgan fingerprint density at radius 2 is 1.71 bits per heavy atom. The molecular weight excluding hydrogens is 450 g/mol. The van der Waals surface area contributed by atoms with Crippen molar-refractivity contribution in [2.24, 2.45) is 0 Å². The fraction of sp³-hybridized carbons (Fsp3) is 0.375. The first-order chi connectivity index (χ1) is 16.4. The molecule has 8 nitrogen and oxygen atoms in total. The van der Waals surface area contributed by atoms with E-state index in [0.29, 0.717) is 5.69 Å². The molecule has 0 saturated heterocycles. The zero-order valence-corrected chi connectivity index (χ0v) is 18.6. The number of ether oxygens (including phenoxy) is 3. The first-order valence-electron chi connectivity index (χ1n) is 10.9. The molecule has 2 aromatic rings. The second-order valence-electron chi connectivity index (χ2n) is 7.74. The first kappa shape index (κ1) is 24.9. The Morgan fingerprint density at radius 3 is 2.35 bits per heavy atom. The number of nitrogens with one attached hydrogen (secondary N) is 2. The number of methoxy groups -OCH3 is 1. The van der Waals surface area contributed by atoms with Gasteiger partial charge in [-0.1, -0.05) is 19.3 Å². The number of anilines is 1. The molecule has 1 saturated carbocycles. The lowest BCUT2D eigenvalue weighted by atomic mass is 9.95. The maximum Gasteiger partial charge on any atom is 0.387 e. The summed E-state index contributed by atoms with van der Waals surface area (Å²) in [6.45, 7) is -3.31. The molecule has 3 rings (SSSR count). The number of rotatable bonds is 10. The minimum atomic E-state index is -2.93.